The van der Waals surface area contributed by atoms with Gasteiger partial charge >= 0.3 is 0 Å². The average Bonchev–Trinajstić information content (AvgIpc) is 3.75. The fourth-order valence-electron chi connectivity index (χ4n) is 7.14. The van der Waals surface area contributed by atoms with E-state index in [4.69, 9.17) is 9.72 Å². The van der Waals surface area contributed by atoms with Crippen LogP contribution >= 0.6 is 0 Å². The first-order valence-corrected chi connectivity index (χ1v) is 19.0. The number of hydrogen-bond donors (Lipinski definition) is 0. The molecule has 6 heteroatoms. The van der Waals surface area contributed by atoms with Crippen molar-refractivity contribution in [3.63, 3.8) is 0 Å². The van der Waals surface area contributed by atoms with E-state index in [0.29, 0.717) is 11.5 Å². The van der Waals surface area contributed by atoms with Crippen LogP contribution in [-0.2, 0) is 37.3 Å². The number of hydrogen-bond acceptors (Lipinski definition) is 2. The largest absolute Gasteiger partial charge is 0.510 e. The molecule has 286 valence electrons. The van der Waals surface area contributed by atoms with Crippen LogP contribution < -0.4 is 9.30 Å². The van der Waals surface area contributed by atoms with Gasteiger partial charge < -0.3 is 13.9 Å². The molecule has 0 fully saturated rings. The van der Waals surface area contributed by atoms with Gasteiger partial charge in [0, 0.05) is 50.5 Å². The average molecular weight is 916 g/mol. The number of rotatable bonds is 6. The summed E-state index contributed by atoms with van der Waals surface area (Å²) in [5, 5.41) is 2.23. The SMILES string of the molecule is CC(C)(C)c1cccc(-[n+]2[c-]n(-c3[c-]c(Oc4[c-]c5c(cc4)c4ccccc4n5-c4cc(C(C)(C)C)ccn4)cc(-c4ccccc4)c3)cc2C(C)(C)C)c1.[Pt]. The third-order valence-corrected chi connectivity index (χ3v) is 10.3. The maximum absolute atomic E-state index is 6.74. The molecule has 5 nitrogen and oxygen atoms in total. The van der Waals surface area contributed by atoms with Gasteiger partial charge in [-0.2, -0.15) is 12.1 Å². The van der Waals surface area contributed by atoms with Gasteiger partial charge in [-0.15, -0.1) is 35.2 Å². The second kappa shape index (κ2) is 14.7. The van der Waals surface area contributed by atoms with E-state index in [1.54, 1.807) is 0 Å². The molecule has 0 atom stereocenters. The van der Waals surface area contributed by atoms with Gasteiger partial charge in [0.1, 0.15) is 5.82 Å². The third kappa shape index (κ3) is 7.62. The van der Waals surface area contributed by atoms with Crippen molar-refractivity contribution in [2.24, 2.45) is 0 Å². The summed E-state index contributed by atoms with van der Waals surface area (Å²) in [4.78, 5) is 4.85. The molecule has 0 radical (unpaired) electrons. The summed E-state index contributed by atoms with van der Waals surface area (Å²) in [6.45, 7) is 20.1. The zero-order valence-electron chi connectivity index (χ0n) is 33.6. The molecular weight excluding hydrogens is 868 g/mol. The van der Waals surface area contributed by atoms with Crippen LogP contribution in [0.5, 0.6) is 11.5 Å². The van der Waals surface area contributed by atoms with Crippen molar-refractivity contribution in [1.29, 1.82) is 0 Å². The number of nitrogens with zero attached hydrogens (tertiary/aromatic N) is 4. The zero-order valence-corrected chi connectivity index (χ0v) is 35.9. The molecule has 0 bridgehead atoms. The fourth-order valence-corrected chi connectivity index (χ4v) is 7.14. The van der Waals surface area contributed by atoms with Gasteiger partial charge in [0.05, 0.1) is 11.4 Å². The Bertz CT molecular complexity index is 2680. The van der Waals surface area contributed by atoms with Gasteiger partial charge in [0.15, 0.2) is 0 Å². The van der Waals surface area contributed by atoms with Gasteiger partial charge in [-0.25, -0.2) is 4.98 Å². The predicted molar refractivity (Wildman–Crippen MR) is 224 cm³/mol. The zero-order chi connectivity index (χ0) is 38.7. The fraction of sp³-hybridized carbons (Fsp3) is 0.240. The van der Waals surface area contributed by atoms with Crippen molar-refractivity contribution in [3.05, 3.63) is 163 Å². The van der Waals surface area contributed by atoms with Gasteiger partial charge in [0.25, 0.3) is 6.33 Å². The molecule has 56 heavy (non-hydrogen) atoms. The summed E-state index contributed by atoms with van der Waals surface area (Å²) in [5.41, 5.74) is 9.45. The number of benzene rings is 5. The van der Waals surface area contributed by atoms with Gasteiger partial charge in [-0.1, -0.05) is 128 Å². The van der Waals surface area contributed by atoms with Gasteiger partial charge in [-0.05, 0) is 74.3 Å². The number of para-hydroxylation sites is 1. The Balaban J connectivity index is 0.00000480. The quantitative estimate of drug-likeness (QED) is 0.123. The molecule has 0 saturated carbocycles. The molecule has 0 saturated heterocycles. The first kappa shape index (κ1) is 39.0. The van der Waals surface area contributed by atoms with E-state index in [0.717, 1.165) is 55.8 Å². The van der Waals surface area contributed by atoms with Gasteiger partial charge in [0.2, 0.25) is 0 Å². The Kier molecular flexibility index (Phi) is 10.2. The predicted octanol–water partition coefficient (Wildman–Crippen LogP) is 12.0. The summed E-state index contributed by atoms with van der Waals surface area (Å²) in [7, 11) is 0. The van der Waals surface area contributed by atoms with E-state index in [2.05, 4.69) is 199 Å². The van der Waals surface area contributed by atoms with Crippen molar-refractivity contribution in [3.8, 4) is 39.8 Å². The van der Waals surface area contributed by atoms with E-state index in [-0.39, 0.29) is 37.3 Å². The smallest absolute Gasteiger partial charge is 0.267 e. The minimum Gasteiger partial charge on any atom is -0.510 e. The molecule has 3 aromatic heterocycles. The Hall–Kier alpha value is -5.25. The van der Waals surface area contributed by atoms with Crippen molar-refractivity contribution in [2.75, 3.05) is 0 Å². The molecule has 5 aromatic carbocycles. The van der Waals surface area contributed by atoms with Crippen molar-refractivity contribution in [2.45, 2.75) is 78.6 Å². The molecule has 8 rings (SSSR count). The van der Waals surface area contributed by atoms with E-state index in [1.165, 1.54) is 11.1 Å². The number of pyridine rings is 1. The molecule has 0 N–H and O–H groups in total. The molecule has 8 aromatic rings. The normalized spacial score (nSPS) is 12.2. The summed E-state index contributed by atoms with van der Waals surface area (Å²) < 4.78 is 13.2. The molecule has 0 amide bonds. The van der Waals surface area contributed by atoms with Gasteiger partial charge in [-0.3, -0.25) is 4.57 Å². The molecule has 0 unspecified atom stereocenters. The Morgan fingerprint density at radius 2 is 1.32 bits per heavy atom. The Morgan fingerprint density at radius 1 is 0.607 bits per heavy atom. The topological polar surface area (TPSA) is 35.9 Å². The van der Waals surface area contributed by atoms with Crippen molar-refractivity contribution < 1.29 is 30.4 Å². The molecule has 0 aliphatic heterocycles. The number of aromatic nitrogens is 4. The standard InChI is InChI=1S/C50H48N4O.Pt/c1-48(2,3)36-18-15-19-38(28-36)53-33-52(32-46(53)50(7,8)9)39-26-35(34-16-11-10-12-17-34)27-41(30-39)55-40-22-23-43-42-20-13-14-21-44(42)54(45(43)31-40)47-29-37(24-25-51-47)49(4,5)6;/h10-29,32H,1-9H3;/q-2;. The Morgan fingerprint density at radius 3 is 2.05 bits per heavy atom. The van der Waals surface area contributed by atoms with Crippen LogP contribution in [0.1, 0.15) is 79.1 Å². The summed E-state index contributed by atoms with van der Waals surface area (Å²) in [6, 6.07) is 47.5. The Labute approximate surface area is 345 Å². The van der Waals surface area contributed by atoms with Crippen molar-refractivity contribution >= 4 is 21.8 Å². The minimum absolute atomic E-state index is 0. The molecule has 0 aliphatic rings. The van der Waals surface area contributed by atoms with Crippen LogP contribution in [0.15, 0.2) is 128 Å². The molecule has 3 heterocycles. The molecule has 0 spiro atoms. The second-order valence-corrected chi connectivity index (χ2v) is 17.5. The monoisotopic (exact) mass is 915 g/mol. The second-order valence-electron chi connectivity index (χ2n) is 17.5. The maximum atomic E-state index is 6.74. The van der Waals surface area contributed by atoms with E-state index in [1.807, 2.05) is 22.9 Å². The van der Waals surface area contributed by atoms with Crippen LogP contribution in [0.25, 0.3) is 50.1 Å². The number of fused-ring (bicyclic) bond motifs is 3. The van der Waals surface area contributed by atoms with E-state index < -0.39 is 0 Å². The molecule has 0 aliphatic carbocycles. The summed E-state index contributed by atoms with van der Waals surface area (Å²) in [6.07, 6.45) is 7.75. The van der Waals surface area contributed by atoms with Crippen LogP contribution in [0, 0.1) is 18.5 Å². The first-order valence-electron chi connectivity index (χ1n) is 19.0. The van der Waals surface area contributed by atoms with Crippen LogP contribution in [0.4, 0.5) is 0 Å². The van der Waals surface area contributed by atoms with Crippen LogP contribution in [0.2, 0.25) is 0 Å². The molecular formula is C50H48N4OPt-2. The third-order valence-electron chi connectivity index (χ3n) is 10.3. The van der Waals surface area contributed by atoms with E-state index in [9.17, 15) is 0 Å². The van der Waals surface area contributed by atoms with Crippen molar-refractivity contribution in [1.82, 2.24) is 14.1 Å². The van der Waals surface area contributed by atoms with Crippen LogP contribution in [-0.4, -0.2) is 14.1 Å². The first-order chi connectivity index (χ1) is 26.1. The minimum atomic E-state index is -0.153. The number of ether oxygens (including phenoxy) is 1. The summed E-state index contributed by atoms with van der Waals surface area (Å²) in [5.74, 6) is 2.03. The summed E-state index contributed by atoms with van der Waals surface area (Å²) >= 11 is 0. The maximum Gasteiger partial charge on any atom is 0.267 e. The van der Waals surface area contributed by atoms with Crippen LogP contribution in [0.3, 0.4) is 0 Å². The van der Waals surface area contributed by atoms with E-state index >= 15 is 0 Å². The number of imidazole rings is 1.